The molecule has 9 heavy (non-hydrogen) atoms. The van der Waals surface area contributed by atoms with Crippen LogP contribution >= 0.6 is 11.6 Å². The van der Waals surface area contributed by atoms with E-state index in [1.54, 1.807) is 0 Å². The maximum atomic E-state index is 10.3. The Morgan fingerprint density at radius 1 is 1.78 bits per heavy atom. The van der Waals surface area contributed by atoms with E-state index in [9.17, 15) is 4.79 Å². The van der Waals surface area contributed by atoms with Crippen molar-refractivity contribution in [2.75, 3.05) is 0 Å². The molecule has 0 bridgehead atoms. The van der Waals surface area contributed by atoms with Crippen LogP contribution in [-0.2, 0) is 4.79 Å². The van der Waals surface area contributed by atoms with Gasteiger partial charge < -0.3 is 10.8 Å². The fourth-order valence-electron chi connectivity index (χ4n) is 0.905. The zero-order valence-corrected chi connectivity index (χ0v) is 5.56. The summed E-state index contributed by atoms with van der Waals surface area (Å²) in [4.78, 5) is 10.3. The van der Waals surface area contributed by atoms with E-state index in [-0.39, 0.29) is 5.38 Å². The molecule has 1 saturated carbocycles. The Hall–Kier alpha value is -0.280. The Morgan fingerprint density at radius 3 is 2.33 bits per heavy atom. The van der Waals surface area contributed by atoms with E-state index in [0.29, 0.717) is 12.8 Å². The van der Waals surface area contributed by atoms with Crippen molar-refractivity contribution >= 4 is 17.6 Å². The van der Waals surface area contributed by atoms with Crippen molar-refractivity contribution in [1.82, 2.24) is 0 Å². The number of rotatable bonds is 1. The van der Waals surface area contributed by atoms with Crippen LogP contribution in [0, 0.1) is 0 Å². The number of carboxylic acids is 1. The van der Waals surface area contributed by atoms with E-state index in [1.807, 2.05) is 0 Å². The summed E-state index contributed by atoms with van der Waals surface area (Å²) in [7, 11) is 0. The molecule has 3 N–H and O–H groups in total. The van der Waals surface area contributed by atoms with Gasteiger partial charge >= 0.3 is 5.97 Å². The molecule has 0 heterocycles. The summed E-state index contributed by atoms with van der Waals surface area (Å²) >= 11 is 5.53. The van der Waals surface area contributed by atoms with Gasteiger partial charge in [-0.15, -0.1) is 11.6 Å². The van der Waals surface area contributed by atoms with Crippen molar-refractivity contribution in [2.45, 2.75) is 23.8 Å². The van der Waals surface area contributed by atoms with Crippen LogP contribution in [-0.4, -0.2) is 22.0 Å². The minimum absolute atomic E-state index is 0.0360. The number of carbonyl (C=O) groups is 1. The lowest BCUT2D eigenvalue weighted by atomic mass is 9.77. The van der Waals surface area contributed by atoms with Gasteiger partial charge in [-0.1, -0.05) is 0 Å². The van der Waals surface area contributed by atoms with Crippen LogP contribution in [0.2, 0.25) is 0 Å². The minimum atomic E-state index is -1.02. The average molecular weight is 150 g/mol. The lowest BCUT2D eigenvalue weighted by Gasteiger charge is -2.37. The molecule has 0 unspecified atom stereocenters. The summed E-state index contributed by atoms with van der Waals surface area (Å²) in [5.41, 5.74) is 4.33. The first-order valence-corrected chi connectivity index (χ1v) is 3.14. The summed E-state index contributed by atoms with van der Waals surface area (Å²) in [6.45, 7) is 0. The fraction of sp³-hybridized carbons (Fsp3) is 0.800. The second kappa shape index (κ2) is 1.85. The van der Waals surface area contributed by atoms with Gasteiger partial charge in [0.25, 0.3) is 0 Å². The standard InChI is InChI=1S/C5H8ClNO2/c6-3-1-5(7,2-3)4(8)9/h3H,1-2,7H2,(H,8,9). The van der Waals surface area contributed by atoms with Gasteiger partial charge in [-0.2, -0.15) is 0 Å². The minimum Gasteiger partial charge on any atom is -0.480 e. The third-order valence-electron chi connectivity index (χ3n) is 1.60. The second-order valence-electron chi connectivity index (χ2n) is 2.47. The summed E-state index contributed by atoms with van der Waals surface area (Å²) in [5.74, 6) is -0.945. The molecule has 0 radical (unpaired) electrons. The highest BCUT2D eigenvalue weighted by Crippen LogP contribution is 2.33. The van der Waals surface area contributed by atoms with Gasteiger partial charge in [-0.25, -0.2) is 0 Å². The SMILES string of the molecule is NC1(C(=O)O)CC(Cl)C1. The molecule has 1 rings (SSSR count). The number of halogens is 1. The highest BCUT2D eigenvalue weighted by molar-refractivity contribution is 6.22. The van der Waals surface area contributed by atoms with Crippen LogP contribution < -0.4 is 5.73 Å². The number of hydrogen-bond acceptors (Lipinski definition) is 2. The quantitative estimate of drug-likeness (QED) is 0.523. The van der Waals surface area contributed by atoms with Gasteiger partial charge in [0.05, 0.1) is 0 Å². The molecule has 0 aromatic rings. The summed E-state index contributed by atoms with van der Waals surface area (Å²) < 4.78 is 0. The molecule has 1 aliphatic rings. The monoisotopic (exact) mass is 149 g/mol. The smallest absolute Gasteiger partial charge is 0.323 e. The Kier molecular flexibility index (Phi) is 1.41. The third kappa shape index (κ3) is 1.02. The molecule has 0 aliphatic heterocycles. The Bertz CT molecular complexity index is 142. The Labute approximate surface area is 57.8 Å². The first-order chi connectivity index (χ1) is 4.04. The number of aliphatic carboxylic acids is 1. The lowest BCUT2D eigenvalue weighted by Crippen LogP contribution is -2.58. The molecule has 0 saturated heterocycles. The molecule has 1 fully saturated rings. The van der Waals surface area contributed by atoms with E-state index in [4.69, 9.17) is 22.4 Å². The topological polar surface area (TPSA) is 63.3 Å². The van der Waals surface area contributed by atoms with Crippen molar-refractivity contribution < 1.29 is 9.90 Å². The summed E-state index contributed by atoms with van der Waals surface area (Å²) in [5, 5.41) is 8.39. The molecule has 4 heteroatoms. The largest absolute Gasteiger partial charge is 0.480 e. The lowest BCUT2D eigenvalue weighted by molar-refractivity contribution is -0.146. The van der Waals surface area contributed by atoms with E-state index < -0.39 is 11.5 Å². The molecule has 3 nitrogen and oxygen atoms in total. The van der Waals surface area contributed by atoms with E-state index in [0.717, 1.165) is 0 Å². The molecule has 0 amide bonds. The highest BCUT2D eigenvalue weighted by atomic mass is 35.5. The van der Waals surface area contributed by atoms with Crippen molar-refractivity contribution in [3.8, 4) is 0 Å². The van der Waals surface area contributed by atoms with Crippen LogP contribution in [0.25, 0.3) is 0 Å². The predicted molar refractivity (Wildman–Crippen MR) is 33.4 cm³/mol. The maximum Gasteiger partial charge on any atom is 0.323 e. The van der Waals surface area contributed by atoms with Crippen molar-refractivity contribution in [3.05, 3.63) is 0 Å². The van der Waals surface area contributed by atoms with Crippen LogP contribution in [0.3, 0.4) is 0 Å². The Morgan fingerprint density at radius 2 is 2.22 bits per heavy atom. The predicted octanol–water partition coefficient (Wildman–Crippen LogP) is 0.170. The number of nitrogens with two attached hydrogens (primary N) is 1. The first-order valence-electron chi connectivity index (χ1n) is 2.71. The van der Waals surface area contributed by atoms with Gasteiger partial charge in [0.1, 0.15) is 5.54 Å². The van der Waals surface area contributed by atoms with Gasteiger partial charge in [0.15, 0.2) is 0 Å². The number of carboxylic acid groups (broad SMARTS) is 1. The normalized spacial score (nSPS) is 41.8. The Balaban J connectivity index is 2.50. The van der Waals surface area contributed by atoms with Gasteiger partial charge in [-0.05, 0) is 12.8 Å². The van der Waals surface area contributed by atoms with E-state index in [1.165, 1.54) is 0 Å². The molecule has 0 atom stereocenters. The van der Waals surface area contributed by atoms with E-state index in [2.05, 4.69) is 0 Å². The van der Waals surface area contributed by atoms with E-state index >= 15 is 0 Å². The molecular formula is C5H8ClNO2. The number of alkyl halides is 1. The molecule has 52 valence electrons. The van der Waals surface area contributed by atoms with Gasteiger partial charge in [0, 0.05) is 5.38 Å². The van der Waals surface area contributed by atoms with Gasteiger partial charge in [0.2, 0.25) is 0 Å². The summed E-state index contributed by atoms with van der Waals surface area (Å²) in [6.07, 6.45) is 0.785. The van der Waals surface area contributed by atoms with Crippen LogP contribution in [0.15, 0.2) is 0 Å². The maximum absolute atomic E-state index is 10.3. The third-order valence-corrected chi connectivity index (χ3v) is 1.91. The zero-order chi connectivity index (χ0) is 7.07. The van der Waals surface area contributed by atoms with Crippen LogP contribution in [0.4, 0.5) is 0 Å². The zero-order valence-electron chi connectivity index (χ0n) is 4.80. The van der Waals surface area contributed by atoms with Crippen LogP contribution in [0.5, 0.6) is 0 Å². The van der Waals surface area contributed by atoms with Crippen molar-refractivity contribution in [3.63, 3.8) is 0 Å². The molecule has 1 aliphatic carbocycles. The summed E-state index contributed by atoms with van der Waals surface area (Å²) in [6, 6.07) is 0. The highest BCUT2D eigenvalue weighted by Gasteiger charge is 2.46. The second-order valence-corrected chi connectivity index (χ2v) is 3.08. The molecule has 0 aromatic carbocycles. The average Bonchev–Trinajstić information content (AvgIpc) is 1.62. The van der Waals surface area contributed by atoms with Crippen LogP contribution in [0.1, 0.15) is 12.8 Å². The fourth-order valence-corrected chi connectivity index (χ4v) is 1.46. The van der Waals surface area contributed by atoms with Crippen molar-refractivity contribution in [1.29, 1.82) is 0 Å². The number of hydrogen-bond donors (Lipinski definition) is 2. The van der Waals surface area contributed by atoms with Crippen molar-refractivity contribution in [2.24, 2.45) is 5.73 Å². The molecule has 0 spiro atoms. The molecular weight excluding hydrogens is 142 g/mol. The first kappa shape index (κ1) is 6.83. The molecule has 0 aromatic heterocycles. The van der Waals surface area contributed by atoms with Gasteiger partial charge in [-0.3, -0.25) is 4.79 Å².